The van der Waals surface area contributed by atoms with Gasteiger partial charge >= 0.3 is 5.97 Å². The van der Waals surface area contributed by atoms with E-state index in [2.05, 4.69) is 6.58 Å². The highest BCUT2D eigenvalue weighted by Gasteiger charge is 2.11. The van der Waals surface area contributed by atoms with E-state index < -0.39 is 5.97 Å². The number of ether oxygens (including phenoxy) is 1. The summed E-state index contributed by atoms with van der Waals surface area (Å²) in [5.41, 5.74) is 1.72. The molecular weight excluding hydrogens is 256 g/mol. The zero-order chi connectivity index (χ0) is 15.1. The van der Waals surface area contributed by atoms with E-state index in [1.807, 2.05) is 19.1 Å². The number of carbonyl (C=O) groups is 3. The quantitative estimate of drug-likeness (QED) is 0.332. The second kappa shape index (κ2) is 7.38. The van der Waals surface area contributed by atoms with Crippen LogP contribution in [0.5, 0.6) is 5.75 Å². The predicted octanol–water partition coefficient (Wildman–Crippen LogP) is 2.57. The summed E-state index contributed by atoms with van der Waals surface area (Å²) in [5.74, 6) is -0.353. The van der Waals surface area contributed by atoms with Gasteiger partial charge in [0, 0.05) is 12.5 Å². The molecule has 0 amide bonds. The lowest BCUT2D eigenvalue weighted by molar-refractivity contribution is -0.129. The van der Waals surface area contributed by atoms with E-state index in [9.17, 15) is 14.4 Å². The lowest BCUT2D eigenvalue weighted by Gasteiger charge is -2.09. The Morgan fingerprint density at radius 1 is 1.30 bits per heavy atom. The molecule has 0 aliphatic heterocycles. The van der Waals surface area contributed by atoms with Gasteiger partial charge in [0.1, 0.15) is 17.3 Å². The van der Waals surface area contributed by atoms with E-state index in [4.69, 9.17) is 4.74 Å². The standard InChI is InChI=1S/C16H18O4/c1-4-16(19)20-15-9-11(2)5-6-13(15)7-8-14(18)10-12(3)17/h4-6,9H,1,7-8,10H2,2-3H3. The lowest BCUT2D eigenvalue weighted by atomic mass is 10.0. The molecule has 0 atom stereocenters. The van der Waals surface area contributed by atoms with Crippen LogP contribution in [0.15, 0.2) is 30.9 Å². The van der Waals surface area contributed by atoms with Gasteiger partial charge in [-0.1, -0.05) is 18.7 Å². The second-order valence-corrected chi connectivity index (χ2v) is 4.65. The molecule has 0 N–H and O–H groups in total. The van der Waals surface area contributed by atoms with Gasteiger partial charge in [-0.05, 0) is 37.5 Å². The molecule has 0 saturated carbocycles. The summed E-state index contributed by atoms with van der Waals surface area (Å²) in [6.45, 7) is 6.62. The molecule has 1 aromatic rings. The van der Waals surface area contributed by atoms with Gasteiger partial charge in [0.25, 0.3) is 0 Å². The number of Topliss-reactive ketones (excluding diaryl/α,β-unsaturated/α-hetero) is 2. The van der Waals surface area contributed by atoms with E-state index in [0.717, 1.165) is 17.2 Å². The molecule has 20 heavy (non-hydrogen) atoms. The maximum Gasteiger partial charge on any atom is 0.335 e. The van der Waals surface area contributed by atoms with Gasteiger partial charge in [0.05, 0.1) is 6.42 Å². The molecule has 106 valence electrons. The van der Waals surface area contributed by atoms with E-state index in [1.54, 1.807) is 6.07 Å². The Morgan fingerprint density at radius 3 is 2.60 bits per heavy atom. The van der Waals surface area contributed by atoms with Crippen molar-refractivity contribution >= 4 is 17.5 Å². The van der Waals surface area contributed by atoms with E-state index >= 15 is 0 Å². The molecule has 4 nitrogen and oxygen atoms in total. The SMILES string of the molecule is C=CC(=O)Oc1cc(C)ccc1CCC(=O)CC(C)=O. The summed E-state index contributed by atoms with van der Waals surface area (Å²) >= 11 is 0. The van der Waals surface area contributed by atoms with Gasteiger partial charge in [-0.3, -0.25) is 9.59 Å². The van der Waals surface area contributed by atoms with Crippen LogP contribution in [0.4, 0.5) is 0 Å². The minimum absolute atomic E-state index is 0.0480. The Labute approximate surface area is 118 Å². The monoisotopic (exact) mass is 274 g/mol. The van der Waals surface area contributed by atoms with Crippen LogP contribution in [0.25, 0.3) is 0 Å². The number of carbonyl (C=O) groups excluding carboxylic acids is 3. The fraction of sp³-hybridized carbons (Fsp3) is 0.312. The largest absolute Gasteiger partial charge is 0.423 e. The zero-order valence-corrected chi connectivity index (χ0v) is 11.8. The van der Waals surface area contributed by atoms with Gasteiger partial charge < -0.3 is 4.74 Å². The van der Waals surface area contributed by atoms with Gasteiger partial charge in [-0.15, -0.1) is 0 Å². The van der Waals surface area contributed by atoms with Crippen LogP contribution in [0.2, 0.25) is 0 Å². The van der Waals surface area contributed by atoms with Crippen LogP contribution < -0.4 is 4.74 Å². The molecule has 4 heteroatoms. The first-order chi connectivity index (χ1) is 9.42. The van der Waals surface area contributed by atoms with E-state index in [1.165, 1.54) is 6.92 Å². The fourth-order valence-electron chi connectivity index (χ4n) is 1.75. The van der Waals surface area contributed by atoms with Crippen molar-refractivity contribution in [3.05, 3.63) is 42.0 Å². The molecule has 0 heterocycles. The Hall–Kier alpha value is -2.23. The van der Waals surface area contributed by atoms with Gasteiger partial charge in [0.15, 0.2) is 0 Å². The molecule has 0 spiro atoms. The first kappa shape index (κ1) is 15.8. The van der Waals surface area contributed by atoms with Crippen LogP contribution >= 0.6 is 0 Å². The molecule has 1 rings (SSSR count). The number of ketones is 2. The minimum atomic E-state index is -0.535. The van der Waals surface area contributed by atoms with Crippen molar-refractivity contribution < 1.29 is 19.1 Å². The van der Waals surface area contributed by atoms with Crippen LogP contribution in [-0.4, -0.2) is 17.5 Å². The molecule has 0 bridgehead atoms. The van der Waals surface area contributed by atoms with Crippen molar-refractivity contribution in [2.75, 3.05) is 0 Å². The summed E-state index contributed by atoms with van der Waals surface area (Å²) in [7, 11) is 0. The summed E-state index contributed by atoms with van der Waals surface area (Å²) in [4.78, 5) is 33.7. The maximum absolute atomic E-state index is 11.5. The van der Waals surface area contributed by atoms with Crippen LogP contribution in [-0.2, 0) is 20.8 Å². The summed E-state index contributed by atoms with van der Waals surface area (Å²) < 4.78 is 5.15. The normalized spacial score (nSPS) is 9.90. The Balaban J connectivity index is 2.78. The second-order valence-electron chi connectivity index (χ2n) is 4.65. The minimum Gasteiger partial charge on any atom is -0.423 e. The van der Waals surface area contributed by atoms with Crippen molar-refractivity contribution in [3.8, 4) is 5.75 Å². The molecular formula is C16H18O4. The number of aryl methyl sites for hydroxylation is 2. The van der Waals surface area contributed by atoms with Crippen LogP contribution in [0.3, 0.4) is 0 Å². The first-order valence-corrected chi connectivity index (χ1v) is 6.37. The predicted molar refractivity (Wildman–Crippen MR) is 75.6 cm³/mol. The third kappa shape index (κ3) is 5.18. The molecule has 1 aromatic carbocycles. The van der Waals surface area contributed by atoms with Gasteiger partial charge in [-0.25, -0.2) is 4.79 Å². The average Bonchev–Trinajstić information content (AvgIpc) is 2.36. The van der Waals surface area contributed by atoms with Crippen molar-refractivity contribution in [1.29, 1.82) is 0 Å². The molecule has 0 aliphatic carbocycles. The third-order valence-electron chi connectivity index (χ3n) is 2.72. The Morgan fingerprint density at radius 2 is 2.00 bits per heavy atom. The molecule has 0 fully saturated rings. The lowest BCUT2D eigenvalue weighted by Crippen LogP contribution is -2.08. The van der Waals surface area contributed by atoms with Gasteiger partial charge in [0.2, 0.25) is 0 Å². The van der Waals surface area contributed by atoms with Gasteiger partial charge in [-0.2, -0.15) is 0 Å². The number of hydrogen-bond acceptors (Lipinski definition) is 4. The van der Waals surface area contributed by atoms with E-state index in [0.29, 0.717) is 12.2 Å². The summed E-state index contributed by atoms with van der Waals surface area (Å²) in [6, 6.07) is 5.45. The third-order valence-corrected chi connectivity index (χ3v) is 2.72. The average molecular weight is 274 g/mol. The molecule has 0 saturated heterocycles. The number of esters is 1. The molecule has 0 aliphatic rings. The Bertz CT molecular complexity index is 543. The van der Waals surface area contributed by atoms with Crippen molar-refractivity contribution in [2.45, 2.75) is 33.1 Å². The van der Waals surface area contributed by atoms with Crippen molar-refractivity contribution in [3.63, 3.8) is 0 Å². The molecule has 0 radical (unpaired) electrons. The number of benzene rings is 1. The Kier molecular flexibility index (Phi) is 5.84. The van der Waals surface area contributed by atoms with Crippen molar-refractivity contribution in [2.24, 2.45) is 0 Å². The summed E-state index contributed by atoms with van der Waals surface area (Å²) in [5, 5.41) is 0. The number of hydrogen-bond donors (Lipinski definition) is 0. The highest BCUT2D eigenvalue weighted by atomic mass is 16.5. The van der Waals surface area contributed by atoms with Crippen LogP contribution in [0, 0.1) is 6.92 Å². The van der Waals surface area contributed by atoms with Crippen molar-refractivity contribution in [1.82, 2.24) is 0 Å². The topological polar surface area (TPSA) is 60.4 Å². The number of rotatable bonds is 7. The first-order valence-electron chi connectivity index (χ1n) is 6.37. The van der Waals surface area contributed by atoms with Crippen LogP contribution in [0.1, 0.15) is 30.9 Å². The summed E-state index contributed by atoms with van der Waals surface area (Å²) in [6.07, 6.45) is 1.73. The molecule has 0 unspecified atom stereocenters. The molecule has 0 aromatic heterocycles. The zero-order valence-electron chi connectivity index (χ0n) is 11.8. The highest BCUT2D eigenvalue weighted by Crippen LogP contribution is 2.22. The smallest absolute Gasteiger partial charge is 0.335 e. The van der Waals surface area contributed by atoms with E-state index in [-0.39, 0.29) is 24.4 Å². The highest BCUT2D eigenvalue weighted by molar-refractivity contribution is 5.98. The maximum atomic E-state index is 11.5. The fourth-order valence-corrected chi connectivity index (χ4v) is 1.75.